The Morgan fingerprint density at radius 1 is 1.37 bits per heavy atom. The van der Waals surface area contributed by atoms with E-state index in [0.717, 1.165) is 24.0 Å². The first-order chi connectivity index (χ1) is 8.95. The quantitative estimate of drug-likeness (QED) is 0.805. The third-order valence-electron chi connectivity index (χ3n) is 3.26. The summed E-state index contributed by atoms with van der Waals surface area (Å²) >= 11 is 3.54. The van der Waals surface area contributed by atoms with Crippen LogP contribution < -0.4 is 10.2 Å². The van der Waals surface area contributed by atoms with Crippen molar-refractivity contribution in [2.75, 3.05) is 25.0 Å². The summed E-state index contributed by atoms with van der Waals surface area (Å²) in [6.07, 6.45) is 0.516. The number of aliphatic hydroxyl groups is 1. The van der Waals surface area contributed by atoms with E-state index in [0.29, 0.717) is 6.04 Å². The van der Waals surface area contributed by atoms with Gasteiger partial charge in [-0.05, 0) is 44.5 Å². The second-order valence-electron chi connectivity index (χ2n) is 5.04. The van der Waals surface area contributed by atoms with Gasteiger partial charge in [-0.3, -0.25) is 0 Å². The highest BCUT2D eigenvalue weighted by Gasteiger charge is 2.13. The zero-order valence-corrected chi connectivity index (χ0v) is 13.9. The van der Waals surface area contributed by atoms with Gasteiger partial charge < -0.3 is 15.3 Å². The molecule has 0 aliphatic carbocycles. The molecule has 2 atom stereocenters. The summed E-state index contributed by atoms with van der Waals surface area (Å²) in [6, 6.07) is 6.70. The molecule has 108 valence electrons. The van der Waals surface area contributed by atoms with Crippen molar-refractivity contribution in [3.05, 3.63) is 28.2 Å². The zero-order chi connectivity index (χ0) is 14.4. The van der Waals surface area contributed by atoms with Crippen LogP contribution in [0.5, 0.6) is 0 Å². The predicted octanol–water partition coefficient (Wildman–Crippen LogP) is 3.33. The molecule has 0 saturated heterocycles. The largest absolute Gasteiger partial charge is 0.393 e. The molecule has 19 heavy (non-hydrogen) atoms. The minimum atomic E-state index is -0.260. The summed E-state index contributed by atoms with van der Waals surface area (Å²) < 4.78 is 1.08. The number of halogens is 1. The molecule has 0 saturated carbocycles. The van der Waals surface area contributed by atoms with Gasteiger partial charge in [-0.1, -0.05) is 28.9 Å². The Hall–Kier alpha value is -0.580. The molecule has 0 fully saturated rings. The summed E-state index contributed by atoms with van der Waals surface area (Å²) in [4.78, 5) is 2.21. The third kappa shape index (κ3) is 5.13. The van der Waals surface area contributed by atoms with Crippen molar-refractivity contribution in [3.63, 3.8) is 0 Å². The van der Waals surface area contributed by atoms with E-state index >= 15 is 0 Å². The van der Waals surface area contributed by atoms with Gasteiger partial charge in [-0.2, -0.15) is 0 Å². The van der Waals surface area contributed by atoms with Crippen molar-refractivity contribution in [2.24, 2.45) is 0 Å². The summed E-state index contributed by atoms with van der Waals surface area (Å²) in [7, 11) is 2.08. The number of aliphatic hydroxyl groups excluding tert-OH is 1. The molecule has 1 aromatic rings. The summed E-state index contributed by atoms with van der Waals surface area (Å²) in [5.41, 5.74) is 2.50. The minimum Gasteiger partial charge on any atom is -0.393 e. The lowest BCUT2D eigenvalue weighted by atomic mass is 10.0. The number of nitrogens with one attached hydrogen (secondary N) is 1. The van der Waals surface area contributed by atoms with Gasteiger partial charge >= 0.3 is 0 Å². The van der Waals surface area contributed by atoms with Crippen LogP contribution in [0.15, 0.2) is 22.7 Å². The second kappa shape index (κ2) is 7.88. The van der Waals surface area contributed by atoms with E-state index in [1.807, 2.05) is 6.92 Å². The smallest absolute Gasteiger partial charge is 0.0528 e. The maximum Gasteiger partial charge on any atom is 0.0528 e. The van der Waals surface area contributed by atoms with E-state index in [-0.39, 0.29) is 6.10 Å². The number of rotatable bonds is 7. The van der Waals surface area contributed by atoms with Crippen LogP contribution >= 0.6 is 15.9 Å². The lowest BCUT2D eigenvalue weighted by Gasteiger charge is -2.26. The van der Waals surface area contributed by atoms with Gasteiger partial charge in [-0.25, -0.2) is 0 Å². The molecule has 1 rings (SSSR count). The van der Waals surface area contributed by atoms with Crippen molar-refractivity contribution >= 4 is 21.6 Å². The highest BCUT2D eigenvalue weighted by atomic mass is 79.9. The van der Waals surface area contributed by atoms with E-state index in [9.17, 15) is 5.11 Å². The molecule has 4 heteroatoms. The van der Waals surface area contributed by atoms with Crippen LogP contribution in [0, 0.1) is 0 Å². The first-order valence-electron chi connectivity index (χ1n) is 6.87. The molecule has 0 aliphatic rings. The Bertz CT molecular complexity index is 396. The second-order valence-corrected chi connectivity index (χ2v) is 5.96. The SMILES string of the molecule is CCNC(C)c1ccc(Br)cc1N(C)CCC(C)O. The van der Waals surface area contributed by atoms with E-state index in [1.165, 1.54) is 11.3 Å². The van der Waals surface area contributed by atoms with Crippen molar-refractivity contribution < 1.29 is 5.11 Å². The number of hydrogen-bond donors (Lipinski definition) is 2. The molecule has 0 aromatic heterocycles. The average Bonchev–Trinajstić information content (AvgIpc) is 2.36. The van der Waals surface area contributed by atoms with Gasteiger partial charge in [0.2, 0.25) is 0 Å². The molecule has 2 unspecified atom stereocenters. The Morgan fingerprint density at radius 2 is 2.05 bits per heavy atom. The summed E-state index contributed by atoms with van der Waals surface area (Å²) in [5, 5.41) is 12.9. The highest BCUT2D eigenvalue weighted by molar-refractivity contribution is 9.10. The van der Waals surface area contributed by atoms with E-state index in [1.54, 1.807) is 0 Å². The maximum absolute atomic E-state index is 9.42. The first kappa shape index (κ1) is 16.5. The van der Waals surface area contributed by atoms with Crippen molar-refractivity contribution in [1.29, 1.82) is 0 Å². The number of hydrogen-bond acceptors (Lipinski definition) is 3. The fourth-order valence-corrected chi connectivity index (χ4v) is 2.48. The molecule has 0 spiro atoms. The maximum atomic E-state index is 9.42. The Morgan fingerprint density at radius 3 is 2.63 bits per heavy atom. The highest BCUT2D eigenvalue weighted by Crippen LogP contribution is 2.29. The Kier molecular flexibility index (Phi) is 6.83. The molecule has 0 aliphatic heterocycles. The average molecular weight is 329 g/mol. The molecule has 2 N–H and O–H groups in total. The van der Waals surface area contributed by atoms with Crippen LogP contribution in [0.1, 0.15) is 38.8 Å². The molecular weight excluding hydrogens is 304 g/mol. The van der Waals surface area contributed by atoms with Crippen molar-refractivity contribution in [2.45, 2.75) is 39.3 Å². The summed E-state index contributed by atoms with van der Waals surface area (Å²) in [6.45, 7) is 7.93. The minimum absolute atomic E-state index is 0.260. The standard InChI is InChI=1S/C15H25BrN2O/c1-5-17-12(3)14-7-6-13(16)10-15(14)18(4)9-8-11(2)19/h6-7,10-12,17,19H,5,8-9H2,1-4H3. The van der Waals surface area contributed by atoms with E-state index < -0.39 is 0 Å². The zero-order valence-electron chi connectivity index (χ0n) is 12.3. The first-order valence-corrected chi connectivity index (χ1v) is 7.67. The normalized spacial score (nSPS) is 14.2. The fraction of sp³-hybridized carbons (Fsp3) is 0.600. The molecule has 1 aromatic carbocycles. The topological polar surface area (TPSA) is 35.5 Å². The van der Waals surface area contributed by atoms with Gasteiger partial charge in [-0.15, -0.1) is 0 Å². The Balaban J connectivity index is 2.92. The lowest BCUT2D eigenvalue weighted by Crippen LogP contribution is -2.25. The molecule has 0 radical (unpaired) electrons. The Labute approximate surface area is 125 Å². The number of benzene rings is 1. The molecule has 0 heterocycles. The van der Waals surface area contributed by atoms with Crippen molar-refractivity contribution in [1.82, 2.24) is 5.32 Å². The van der Waals surface area contributed by atoms with E-state index in [2.05, 4.69) is 65.2 Å². The van der Waals surface area contributed by atoms with Gasteiger partial charge in [0.05, 0.1) is 6.10 Å². The monoisotopic (exact) mass is 328 g/mol. The van der Waals surface area contributed by atoms with Gasteiger partial charge in [0, 0.05) is 29.8 Å². The van der Waals surface area contributed by atoms with E-state index in [4.69, 9.17) is 0 Å². The third-order valence-corrected chi connectivity index (χ3v) is 3.76. The van der Waals surface area contributed by atoms with Gasteiger partial charge in [0.1, 0.15) is 0 Å². The lowest BCUT2D eigenvalue weighted by molar-refractivity contribution is 0.187. The van der Waals surface area contributed by atoms with Crippen LogP contribution in [0.2, 0.25) is 0 Å². The van der Waals surface area contributed by atoms with Crippen LogP contribution in [0.3, 0.4) is 0 Å². The molecule has 0 amide bonds. The van der Waals surface area contributed by atoms with Crippen LogP contribution in [0.4, 0.5) is 5.69 Å². The fourth-order valence-electron chi connectivity index (χ4n) is 2.13. The summed E-state index contributed by atoms with van der Waals surface area (Å²) in [5.74, 6) is 0. The van der Waals surface area contributed by atoms with Crippen LogP contribution in [-0.2, 0) is 0 Å². The van der Waals surface area contributed by atoms with Gasteiger partial charge in [0.25, 0.3) is 0 Å². The molecule has 0 bridgehead atoms. The number of anilines is 1. The van der Waals surface area contributed by atoms with Gasteiger partial charge in [0.15, 0.2) is 0 Å². The predicted molar refractivity (Wildman–Crippen MR) is 85.8 cm³/mol. The molecule has 3 nitrogen and oxygen atoms in total. The van der Waals surface area contributed by atoms with Crippen LogP contribution in [0.25, 0.3) is 0 Å². The molecular formula is C15H25BrN2O. The van der Waals surface area contributed by atoms with Crippen LogP contribution in [-0.4, -0.2) is 31.3 Å². The number of nitrogens with zero attached hydrogens (tertiary/aromatic N) is 1. The van der Waals surface area contributed by atoms with Crippen molar-refractivity contribution in [3.8, 4) is 0 Å².